The Morgan fingerprint density at radius 2 is 0.573 bits per heavy atom. The zero-order chi connectivity index (χ0) is 79.3. The van der Waals surface area contributed by atoms with Crippen LogP contribution in [0.25, 0.3) is 196 Å². The van der Waals surface area contributed by atoms with Crippen molar-refractivity contribution in [1.29, 1.82) is 0 Å². The molecule has 0 saturated carbocycles. The second kappa shape index (κ2) is 29.0. The molecule has 1 aliphatic rings. The van der Waals surface area contributed by atoms with Crippen molar-refractivity contribution in [2.45, 2.75) is 38.9 Å². The third-order valence-corrected chi connectivity index (χ3v) is 24.6. The van der Waals surface area contributed by atoms with Crippen LogP contribution in [0.1, 0.15) is 27.7 Å². The number of phenolic OH excluding ortho intramolecular Hbond substituents is 1. The summed E-state index contributed by atoms with van der Waals surface area (Å²) < 4.78 is 41.9. The first-order valence-electron chi connectivity index (χ1n) is 39.9. The van der Waals surface area contributed by atoms with Crippen molar-refractivity contribution in [1.82, 2.24) is 0 Å². The molecule has 22 rings (SSSR count). The number of aromatic hydroxyl groups is 1. The highest BCUT2D eigenvalue weighted by atomic mass is 32.2. The molecule has 117 heavy (non-hydrogen) atoms. The third-order valence-electron chi connectivity index (χ3n) is 24.1. The first kappa shape index (κ1) is 72.3. The van der Waals surface area contributed by atoms with E-state index in [9.17, 15) is 13.5 Å². The molecule has 1 N–H and O–H groups in total. The molecule has 1 saturated heterocycles. The summed E-state index contributed by atoms with van der Waals surface area (Å²) in [4.78, 5) is 0. The zero-order valence-corrected chi connectivity index (χ0v) is 66.2. The van der Waals surface area contributed by atoms with E-state index < -0.39 is 28.4 Å². The van der Waals surface area contributed by atoms with Gasteiger partial charge in [0.2, 0.25) is 0 Å². The minimum atomic E-state index is -3.63. The molecule has 0 unspecified atom stereocenters. The van der Waals surface area contributed by atoms with E-state index >= 15 is 0 Å². The van der Waals surface area contributed by atoms with Crippen LogP contribution < -0.4 is 9.65 Å². The lowest BCUT2D eigenvalue weighted by atomic mass is 9.76. The summed E-state index contributed by atoms with van der Waals surface area (Å²) in [5.74, 6) is 0.592. The van der Waals surface area contributed by atoms with Crippen molar-refractivity contribution < 1.29 is 27.0 Å². The maximum atomic E-state index is 11.8. The Kier molecular flexibility index (Phi) is 17.9. The van der Waals surface area contributed by atoms with Gasteiger partial charge in [-0.15, -0.1) is 0 Å². The molecule has 560 valence electrons. The Hall–Kier alpha value is -13.7. The Bertz CT molecular complexity index is 7710. The molecule has 1 aliphatic heterocycles. The van der Waals surface area contributed by atoms with Gasteiger partial charge in [0.15, 0.2) is 0 Å². The molecule has 21 aromatic carbocycles. The maximum Gasteiger partial charge on any atom is 0.494 e. The van der Waals surface area contributed by atoms with Gasteiger partial charge < -0.3 is 18.6 Å². The zero-order valence-electron chi connectivity index (χ0n) is 65.3. The highest BCUT2D eigenvalue weighted by Gasteiger charge is 2.52. The van der Waals surface area contributed by atoms with Crippen LogP contribution in [0.15, 0.2) is 382 Å². The van der Waals surface area contributed by atoms with Crippen LogP contribution >= 0.6 is 0 Å². The Morgan fingerprint density at radius 1 is 0.256 bits per heavy atom. The van der Waals surface area contributed by atoms with Crippen molar-refractivity contribution in [2.24, 2.45) is 0 Å². The molecule has 1 fully saturated rings. The van der Waals surface area contributed by atoms with Gasteiger partial charge in [0.1, 0.15) is 11.5 Å². The summed E-state index contributed by atoms with van der Waals surface area (Å²) in [5.41, 5.74) is 14.6. The van der Waals surface area contributed by atoms with E-state index in [0.717, 1.165) is 60.7 Å². The van der Waals surface area contributed by atoms with Gasteiger partial charge in [-0.25, -0.2) is 0 Å². The van der Waals surface area contributed by atoms with Gasteiger partial charge in [-0.1, -0.05) is 328 Å². The first-order chi connectivity index (χ1) is 57.0. The minimum absolute atomic E-state index is 0.286. The molecular weight excluding hydrogens is 1450 g/mol. The first-order valence-corrected chi connectivity index (χ1v) is 41.7. The summed E-state index contributed by atoms with van der Waals surface area (Å²) in [6, 6.07) is 135. The van der Waals surface area contributed by atoms with Gasteiger partial charge in [0.25, 0.3) is 0 Å². The van der Waals surface area contributed by atoms with E-state index in [0.29, 0.717) is 5.75 Å². The fourth-order valence-corrected chi connectivity index (χ4v) is 18.4. The Morgan fingerprint density at radius 3 is 0.991 bits per heavy atom. The number of fused-ring (bicyclic) bond motifs is 16. The summed E-state index contributed by atoms with van der Waals surface area (Å²) in [5, 5.41) is 38.6. The van der Waals surface area contributed by atoms with Gasteiger partial charge in [0.05, 0.1) is 17.5 Å². The second-order valence-electron chi connectivity index (χ2n) is 31.8. The molecule has 0 spiro atoms. The average Bonchev–Trinajstić information content (AvgIpc) is 1.66. The van der Waals surface area contributed by atoms with E-state index in [-0.39, 0.29) is 5.75 Å². The van der Waals surface area contributed by atoms with E-state index in [1.165, 1.54) is 147 Å². The molecule has 21 aromatic rings. The smallest absolute Gasteiger partial charge is 0.494 e. The van der Waals surface area contributed by atoms with E-state index in [1.54, 1.807) is 18.2 Å². The van der Waals surface area contributed by atoms with Crippen LogP contribution in [-0.2, 0) is 19.4 Å². The van der Waals surface area contributed by atoms with Gasteiger partial charge in [0, 0.05) is 0 Å². The van der Waals surface area contributed by atoms with Gasteiger partial charge in [-0.05, 0) is 284 Å². The maximum absolute atomic E-state index is 11.8. The fourth-order valence-electron chi connectivity index (χ4n) is 17.9. The highest BCUT2D eigenvalue weighted by molar-refractivity contribution is 7.86. The van der Waals surface area contributed by atoms with Gasteiger partial charge in [-0.3, -0.25) is 0 Å². The quantitative estimate of drug-likeness (QED) is 0.0671. The van der Waals surface area contributed by atoms with Crippen molar-refractivity contribution in [3.63, 3.8) is 0 Å². The van der Waals surface area contributed by atoms with Crippen molar-refractivity contribution in [3.8, 4) is 78.3 Å². The number of hydrogen-bond donors (Lipinski definition) is 1. The van der Waals surface area contributed by atoms with Crippen LogP contribution in [0.2, 0.25) is 0 Å². The van der Waals surface area contributed by atoms with E-state index in [4.69, 9.17) is 13.5 Å². The van der Waals surface area contributed by atoms with E-state index in [1.807, 2.05) is 24.3 Å². The van der Waals surface area contributed by atoms with Gasteiger partial charge in [-0.2, -0.15) is 8.42 Å². The highest BCUT2D eigenvalue weighted by Crippen LogP contribution is 2.52. The number of benzene rings is 21. The summed E-state index contributed by atoms with van der Waals surface area (Å²) in [6.45, 7) is 8.44. The molecule has 6 nitrogen and oxygen atoms in total. The molecule has 0 amide bonds. The molecule has 0 atom stereocenters. The molecule has 0 aromatic heterocycles. The normalized spacial score (nSPS) is 13.3. The topological polar surface area (TPSA) is 82.1 Å². The van der Waals surface area contributed by atoms with E-state index in [2.05, 4.69) is 367 Å². The number of phenols is 1. The average molecular weight is 1530 g/mol. The Balaban J connectivity index is 0.000000114. The standard InChI is InChI=1S/C40H33BO2.C35H24O3S.C34H22O/c1-39(2)40(3,4)43-41(42-39)32-21-22-35-36(25-32)38(31-20-18-27-12-6-8-14-29(27)24-31)34-16-10-9-15-33(34)37(35)30-19-17-26-11-5-7-13-28(26)23-30;1-39(36,37)38-28-18-20-29-26(22-28)17-19-32-30-13-7-8-14-31(30)33(34(35(29)32)24-10-3-2-4-11-24)27-16-15-23-9-5-6-12-25(23)21-27;35-27-17-19-28-25(21-27)16-18-31-29-12-6-7-13-30(29)32(33(34(28)31)23-9-2-1-3-10-23)26-15-14-22-8-4-5-11-24(22)20-26/h5-25H,1-4H3;2-22H,1H3;1-21,35H. The fraction of sp³-hybridized carbons (Fsp3) is 0.0642. The minimum Gasteiger partial charge on any atom is -0.508 e. The number of hydrogen-bond acceptors (Lipinski definition) is 6. The lowest BCUT2D eigenvalue weighted by Gasteiger charge is -2.32. The SMILES string of the molecule is CC1(C)OB(c2ccc3c(-c4ccc5ccccc5c4)c4ccccc4c(-c4ccc5ccccc5c4)c3c2)OC1(C)C.CS(=O)(=O)Oc1ccc2c(ccc3c4ccccc4c(-c4ccc5ccccc5c4)c(-c4ccccc4)c23)c1.Oc1ccc2c(ccc3c4ccccc4c(-c4ccc5ccccc5c4)c(-c4ccccc4)c23)c1. The predicted molar refractivity (Wildman–Crippen MR) is 495 cm³/mol. The molecule has 0 bridgehead atoms. The van der Waals surface area contributed by atoms with Crippen LogP contribution in [0.5, 0.6) is 11.5 Å². The monoisotopic (exact) mass is 1530 g/mol. The lowest BCUT2D eigenvalue weighted by Crippen LogP contribution is -2.41. The predicted octanol–water partition coefficient (Wildman–Crippen LogP) is 28.2. The van der Waals surface area contributed by atoms with Crippen molar-refractivity contribution >= 4 is 152 Å². The van der Waals surface area contributed by atoms with Crippen molar-refractivity contribution in [2.75, 3.05) is 6.26 Å². The summed E-state index contributed by atoms with van der Waals surface area (Å²) in [7, 11) is -4.06. The molecular formula is C109H79BO6S. The summed E-state index contributed by atoms with van der Waals surface area (Å²) >= 11 is 0. The second-order valence-corrected chi connectivity index (χ2v) is 33.4. The lowest BCUT2D eigenvalue weighted by molar-refractivity contribution is 0.00578. The molecule has 1 heterocycles. The third kappa shape index (κ3) is 13.1. The molecule has 0 radical (unpaired) electrons. The Labute approximate surface area is 679 Å². The van der Waals surface area contributed by atoms with Gasteiger partial charge >= 0.3 is 17.2 Å². The largest absolute Gasteiger partial charge is 0.508 e. The summed E-state index contributed by atoms with van der Waals surface area (Å²) in [6.07, 6.45) is 1.06. The molecule has 8 heteroatoms. The van der Waals surface area contributed by atoms with Crippen LogP contribution in [0.4, 0.5) is 0 Å². The molecule has 0 aliphatic carbocycles. The number of rotatable bonds is 9. The van der Waals surface area contributed by atoms with Crippen LogP contribution in [0.3, 0.4) is 0 Å². The van der Waals surface area contributed by atoms with Crippen LogP contribution in [-0.4, -0.2) is 38.1 Å². The van der Waals surface area contributed by atoms with Crippen molar-refractivity contribution in [3.05, 3.63) is 382 Å². The van der Waals surface area contributed by atoms with Crippen LogP contribution in [0, 0.1) is 0 Å².